The maximum Gasteiger partial charge on any atom is 0.262 e. The van der Waals surface area contributed by atoms with Crippen molar-refractivity contribution >= 4 is 27.2 Å². The number of anilines is 1. The van der Waals surface area contributed by atoms with E-state index >= 15 is 0 Å². The van der Waals surface area contributed by atoms with E-state index in [0.717, 1.165) is 15.6 Å². The standard InChI is InChI=1S/C19H20F2N4OS/c1-11-7-16(22-12-8-19(20,21)10-25(2)9-12)23-24-17(11)14-3-4-15-13(18(14)26)5-6-27-15/h3-7,12,26H,8-10H2,1-2H3,(H,22,23)/t12-/m1/s1. The first-order chi connectivity index (χ1) is 12.8. The van der Waals surface area contributed by atoms with Crippen molar-refractivity contribution in [2.45, 2.75) is 25.3 Å². The number of nitrogens with one attached hydrogen (secondary N) is 1. The van der Waals surface area contributed by atoms with Gasteiger partial charge in [-0.3, -0.25) is 4.90 Å². The molecule has 3 heterocycles. The number of phenolic OH excluding ortho intramolecular Hbond substituents is 1. The molecule has 0 amide bonds. The van der Waals surface area contributed by atoms with Crippen LogP contribution in [0, 0.1) is 6.92 Å². The molecule has 5 nitrogen and oxygen atoms in total. The molecule has 4 rings (SSSR count). The highest BCUT2D eigenvalue weighted by Crippen LogP contribution is 2.38. The minimum absolute atomic E-state index is 0.181. The van der Waals surface area contributed by atoms with Gasteiger partial charge in [0.1, 0.15) is 11.6 Å². The Balaban J connectivity index is 1.60. The molecule has 1 saturated heterocycles. The third-order valence-corrected chi connectivity index (χ3v) is 5.66. The molecule has 3 aromatic rings. The van der Waals surface area contributed by atoms with Crippen LogP contribution in [0.4, 0.5) is 14.6 Å². The number of aromatic hydroxyl groups is 1. The number of alkyl halides is 2. The van der Waals surface area contributed by atoms with Crippen molar-refractivity contribution < 1.29 is 13.9 Å². The molecule has 2 N–H and O–H groups in total. The average molecular weight is 390 g/mol. The molecule has 0 aliphatic carbocycles. The van der Waals surface area contributed by atoms with Crippen molar-refractivity contribution in [1.82, 2.24) is 15.1 Å². The smallest absolute Gasteiger partial charge is 0.262 e. The summed E-state index contributed by atoms with van der Waals surface area (Å²) < 4.78 is 28.5. The number of fused-ring (bicyclic) bond motifs is 1. The van der Waals surface area contributed by atoms with Crippen LogP contribution in [0.3, 0.4) is 0 Å². The van der Waals surface area contributed by atoms with Crippen LogP contribution in [0.15, 0.2) is 29.6 Å². The maximum atomic E-state index is 13.8. The van der Waals surface area contributed by atoms with E-state index in [9.17, 15) is 13.9 Å². The number of aryl methyl sites for hydroxylation is 1. The van der Waals surface area contributed by atoms with E-state index in [-0.39, 0.29) is 18.7 Å². The van der Waals surface area contributed by atoms with Crippen molar-refractivity contribution in [3.63, 3.8) is 0 Å². The SMILES string of the molecule is Cc1cc(N[C@H]2CN(C)CC(F)(F)C2)nnc1-c1ccc2sccc2c1O. The molecule has 0 unspecified atom stereocenters. The minimum Gasteiger partial charge on any atom is -0.507 e. The molecule has 1 aliphatic rings. The Morgan fingerprint density at radius 3 is 2.85 bits per heavy atom. The van der Waals surface area contributed by atoms with Crippen LogP contribution in [-0.2, 0) is 0 Å². The molecule has 0 radical (unpaired) electrons. The van der Waals surface area contributed by atoms with E-state index in [1.807, 2.05) is 30.5 Å². The number of phenols is 1. The second-order valence-corrected chi connectivity index (χ2v) is 8.10. The second-order valence-electron chi connectivity index (χ2n) is 7.15. The molecule has 0 bridgehead atoms. The van der Waals surface area contributed by atoms with Crippen molar-refractivity contribution in [3.8, 4) is 17.0 Å². The highest BCUT2D eigenvalue weighted by atomic mass is 32.1. The second kappa shape index (κ2) is 6.69. The van der Waals surface area contributed by atoms with E-state index in [1.54, 1.807) is 29.4 Å². The van der Waals surface area contributed by atoms with Gasteiger partial charge < -0.3 is 10.4 Å². The molecule has 142 valence electrons. The Hall–Kier alpha value is -2.32. The molecule has 2 aromatic heterocycles. The number of thiophene rings is 1. The summed E-state index contributed by atoms with van der Waals surface area (Å²) in [5.74, 6) is -2.07. The Bertz CT molecular complexity index is 991. The van der Waals surface area contributed by atoms with Crippen molar-refractivity contribution in [2.75, 3.05) is 25.5 Å². The molecular formula is C19H20F2N4OS. The number of likely N-dealkylation sites (N-methyl/N-ethyl adjacent to an activating group) is 1. The van der Waals surface area contributed by atoms with Crippen LogP contribution in [0.5, 0.6) is 5.75 Å². The van der Waals surface area contributed by atoms with Gasteiger partial charge in [-0.2, -0.15) is 0 Å². The highest BCUT2D eigenvalue weighted by molar-refractivity contribution is 7.17. The predicted molar refractivity (Wildman–Crippen MR) is 104 cm³/mol. The summed E-state index contributed by atoms with van der Waals surface area (Å²) in [6, 6.07) is 7.04. The average Bonchev–Trinajstić information content (AvgIpc) is 3.04. The summed E-state index contributed by atoms with van der Waals surface area (Å²) in [6.07, 6.45) is -0.227. The van der Waals surface area contributed by atoms with Gasteiger partial charge in [-0.05, 0) is 49.2 Å². The normalized spacial score (nSPS) is 20.1. The number of hydrogen-bond acceptors (Lipinski definition) is 6. The summed E-state index contributed by atoms with van der Waals surface area (Å²) >= 11 is 1.56. The fraction of sp³-hybridized carbons (Fsp3) is 0.368. The van der Waals surface area contributed by atoms with Gasteiger partial charge in [0.25, 0.3) is 5.92 Å². The summed E-state index contributed by atoms with van der Waals surface area (Å²) in [5.41, 5.74) is 2.01. The lowest BCUT2D eigenvalue weighted by Crippen LogP contribution is -2.50. The molecule has 0 saturated carbocycles. The van der Waals surface area contributed by atoms with E-state index in [4.69, 9.17) is 0 Å². The fourth-order valence-corrected chi connectivity index (χ4v) is 4.46. The number of benzene rings is 1. The van der Waals surface area contributed by atoms with E-state index in [1.165, 1.54) is 0 Å². The van der Waals surface area contributed by atoms with Crippen molar-refractivity contribution in [2.24, 2.45) is 0 Å². The van der Waals surface area contributed by atoms with Crippen LogP contribution < -0.4 is 5.32 Å². The number of hydrogen-bond donors (Lipinski definition) is 2. The Morgan fingerprint density at radius 2 is 2.11 bits per heavy atom. The Kier molecular flexibility index (Phi) is 4.47. The minimum atomic E-state index is -2.71. The Labute approximate surface area is 159 Å². The molecule has 1 fully saturated rings. The first-order valence-corrected chi connectivity index (χ1v) is 9.57. The number of piperidine rings is 1. The maximum absolute atomic E-state index is 13.8. The highest BCUT2D eigenvalue weighted by Gasteiger charge is 2.39. The van der Waals surface area contributed by atoms with Crippen LogP contribution in [-0.4, -0.2) is 52.3 Å². The lowest BCUT2D eigenvalue weighted by Gasteiger charge is -2.35. The van der Waals surface area contributed by atoms with Crippen LogP contribution in [0.25, 0.3) is 21.3 Å². The molecule has 8 heteroatoms. The van der Waals surface area contributed by atoms with Gasteiger partial charge in [-0.15, -0.1) is 21.5 Å². The lowest BCUT2D eigenvalue weighted by atomic mass is 10.0. The summed E-state index contributed by atoms with van der Waals surface area (Å²) in [7, 11) is 1.69. The van der Waals surface area contributed by atoms with Crippen molar-refractivity contribution in [1.29, 1.82) is 0 Å². The first kappa shape index (κ1) is 18.1. The number of rotatable bonds is 3. The van der Waals surface area contributed by atoms with Crippen molar-refractivity contribution in [3.05, 3.63) is 35.2 Å². The summed E-state index contributed by atoms with van der Waals surface area (Å²) in [5, 5.41) is 24.8. The monoisotopic (exact) mass is 390 g/mol. The van der Waals surface area contributed by atoms with Gasteiger partial charge >= 0.3 is 0 Å². The van der Waals surface area contributed by atoms with E-state index in [2.05, 4.69) is 15.5 Å². The third-order valence-electron chi connectivity index (χ3n) is 4.78. The molecular weight excluding hydrogens is 370 g/mol. The summed E-state index contributed by atoms with van der Waals surface area (Å²) in [4.78, 5) is 1.62. The van der Waals surface area contributed by atoms with Gasteiger partial charge in [0, 0.05) is 34.7 Å². The van der Waals surface area contributed by atoms with Crippen LogP contribution >= 0.6 is 11.3 Å². The summed E-state index contributed by atoms with van der Waals surface area (Å²) in [6.45, 7) is 2.17. The van der Waals surface area contributed by atoms with E-state index < -0.39 is 12.0 Å². The predicted octanol–water partition coefficient (Wildman–Crippen LogP) is 4.12. The van der Waals surface area contributed by atoms with Crippen LogP contribution in [0.2, 0.25) is 0 Å². The van der Waals surface area contributed by atoms with Gasteiger partial charge in [0.2, 0.25) is 0 Å². The topological polar surface area (TPSA) is 61.3 Å². The zero-order valence-corrected chi connectivity index (χ0v) is 15.9. The van der Waals surface area contributed by atoms with Gasteiger partial charge in [0.05, 0.1) is 12.2 Å². The third kappa shape index (κ3) is 3.59. The quantitative estimate of drug-likeness (QED) is 0.704. The molecule has 1 aliphatic heterocycles. The molecule has 1 aromatic carbocycles. The number of aromatic nitrogens is 2. The van der Waals surface area contributed by atoms with Crippen LogP contribution in [0.1, 0.15) is 12.0 Å². The Morgan fingerprint density at radius 1 is 1.30 bits per heavy atom. The van der Waals surface area contributed by atoms with Gasteiger partial charge in [-0.25, -0.2) is 8.78 Å². The number of nitrogens with zero attached hydrogens (tertiary/aromatic N) is 3. The molecule has 0 spiro atoms. The first-order valence-electron chi connectivity index (χ1n) is 8.69. The van der Waals surface area contributed by atoms with Gasteiger partial charge in [0.15, 0.2) is 0 Å². The zero-order chi connectivity index (χ0) is 19.2. The molecule has 1 atom stereocenters. The lowest BCUT2D eigenvalue weighted by molar-refractivity contribution is -0.0611. The molecule has 27 heavy (non-hydrogen) atoms. The number of halogens is 2. The fourth-order valence-electron chi connectivity index (χ4n) is 3.67. The number of likely N-dealkylation sites (tertiary alicyclic amines) is 1. The van der Waals surface area contributed by atoms with Gasteiger partial charge in [-0.1, -0.05) is 0 Å². The largest absolute Gasteiger partial charge is 0.507 e. The zero-order valence-electron chi connectivity index (χ0n) is 15.0. The van der Waals surface area contributed by atoms with E-state index in [0.29, 0.717) is 23.6 Å².